The number of Topliss-reactive ketones (excluding diaryl/α,β-unsaturated/α-hetero) is 1. The smallest absolute Gasteiger partial charge is 0.342 e. The van der Waals surface area contributed by atoms with Gasteiger partial charge in [0.2, 0.25) is 11.2 Å². The van der Waals surface area contributed by atoms with Gasteiger partial charge < -0.3 is 35.2 Å². The first kappa shape index (κ1) is 35.9. The van der Waals surface area contributed by atoms with Crippen LogP contribution in [0, 0.1) is 40.2 Å². The summed E-state index contributed by atoms with van der Waals surface area (Å²) in [7, 11) is 0. The fraction of sp³-hybridized carbons (Fsp3) is 0.632. The molecule has 5 aliphatic rings. The highest BCUT2D eigenvalue weighted by Gasteiger charge is 2.69. The molecule has 0 bridgehead atoms. The van der Waals surface area contributed by atoms with Crippen molar-refractivity contribution >= 4 is 34.1 Å². The number of carboxylic acid groups (broad SMARTS) is 1. The first-order chi connectivity index (χ1) is 24.0. The minimum Gasteiger partial charge on any atom is -0.477 e. The molecule has 1 aliphatic heterocycles. The van der Waals surface area contributed by atoms with Crippen molar-refractivity contribution in [1.29, 1.82) is 0 Å². The molecule has 2 unspecified atom stereocenters. The lowest BCUT2D eigenvalue weighted by Gasteiger charge is -2.61. The summed E-state index contributed by atoms with van der Waals surface area (Å²) >= 11 is 0. The summed E-state index contributed by atoms with van der Waals surface area (Å²) in [6.45, 7) is 7.93. The van der Waals surface area contributed by atoms with Crippen molar-refractivity contribution in [2.24, 2.45) is 28.6 Å². The van der Waals surface area contributed by atoms with Crippen LogP contribution < -0.4 is 15.6 Å². The number of carboxylic acids is 1. The van der Waals surface area contributed by atoms with E-state index in [0.29, 0.717) is 38.6 Å². The molecule has 0 spiro atoms. The topological polar surface area (TPSA) is 169 Å². The van der Waals surface area contributed by atoms with E-state index in [2.05, 4.69) is 12.2 Å². The third-order valence-electron chi connectivity index (χ3n) is 13.7. The SMILES string of the molecule is CCn1c(C(=O)C(O)[C@@]2(O)CC[C@H]3[C@@H]4CCC5=CC(=O)CC[C@]5(C)[C@H]4[C@@H](O)C[C@@]32C)c(C(=O)O)c(=O)c2cc(F)c(N3CCNC(C)C3)c(F)c21. The lowest BCUT2D eigenvalue weighted by molar-refractivity contribution is -0.193. The first-order valence-corrected chi connectivity index (χ1v) is 18.2. The summed E-state index contributed by atoms with van der Waals surface area (Å²) in [6, 6.07) is 0.700. The molecule has 11 nitrogen and oxygen atoms in total. The van der Waals surface area contributed by atoms with Crippen LogP contribution in [0.5, 0.6) is 0 Å². The molecular formula is C38H47F2N3O8. The number of rotatable bonds is 6. The molecule has 2 aromatic rings. The zero-order valence-corrected chi connectivity index (χ0v) is 29.5. The van der Waals surface area contributed by atoms with E-state index in [1.54, 1.807) is 13.0 Å². The monoisotopic (exact) mass is 711 g/mol. The predicted octanol–water partition coefficient (Wildman–Crippen LogP) is 3.57. The number of aromatic nitrogens is 1. The van der Waals surface area contributed by atoms with Crippen LogP contribution in [0.15, 0.2) is 22.5 Å². The van der Waals surface area contributed by atoms with Gasteiger partial charge in [0.15, 0.2) is 11.6 Å². The van der Waals surface area contributed by atoms with Gasteiger partial charge in [0, 0.05) is 44.1 Å². The minimum absolute atomic E-state index is 0.0356. The number of pyridine rings is 1. The van der Waals surface area contributed by atoms with E-state index in [9.17, 15) is 39.6 Å². The number of carbonyl (C=O) groups is 3. The molecule has 1 saturated heterocycles. The van der Waals surface area contributed by atoms with Gasteiger partial charge in [-0.15, -0.1) is 0 Å². The number of benzene rings is 1. The molecule has 4 aliphatic carbocycles. The number of nitrogens with one attached hydrogen (secondary N) is 1. The molecule has 0 radical (unpaired) electrons. The molecule has 1 aromatic carbocycles. The summed E-state index contributed by atoms with van der Waals surface area (Å²) in [5.74, 6) is -5.67. The zero-order valence-electron chi connectivity index (χ0n) is 29.5. The quantitative estimate of drug-likeness (QED) is 0.280. The van der Waals surface area contributed by atoms with Gasteiger partial charge in [-0.1, -0.05) is 19.4 Å². The average molecular weight is 712 g/mol. The van der Waals surface area contributed by atoms with Gasteiger partial charge >= 0.3 is 5.97 Å². The molecule has 0 amide bonds. The van der Waals surface area contributed by atoms with E-state index in [1.807, 2.05) is 6.92 Å². The molecule has 2 heterocycles. The number of anilines is 1. The van der Waals surface area contributed by atoms with Crippen LogP contribution in [0.4, 0.5) is 14.5 Å². The highest BCUT2D eigenvalue weighted by atomic mass is 19.1. The molecule has 5 N–H and O–H groups in total. The van der Waals surface area contributed by atoms with E-state index in [0.717, 1.165) is 16.2 Å². The Bertz CT molecular complexity index is 1950. The van der Waals surface area contributed by atoms with Crippen LogP contribution in [-0.4, -0.2) is 86.0 Å². The number of aliphatic hydroxyl groups is 3. The molecule has 3 saturated carbocycles. The molecule has 7 rings (SSSR count). The summed E-state index contributed by atoms with van der Waals surface area (Å²) in [5.41, 5.74) is -6.67. The van der Waals surface area contributed by atoms with Crippen molar-refractivity contribution in [2.45, 2.75) is 103 Å². The predicted molar refractivity (Wildman–Crippen MR) is 184 cm³/mol. The molecule has 1 aromatic heterocycles. The Labute approximate surface area is 294 Å². The minimum atomic E-state index is -2.23. The largest absolute Gasteiger partial charge is 0.477 e. The maximum Gasteiger partial charge on any atom is 0.342 e. The standard InChI is InChI=1S/C38H47F2N3O8/c1-5-43-29-22(15-24(39)30(28(29)40)42-13-12-41-18(2)17-42)32(46)26(35(49)50)31(43)33(47)34(48)38(51)11-9-23-21-7-6-19-14-20(44)8-10-36(19,3)27(21)25(45)16-37(23,38)4/h14-15,18,21,23,25,27,34,41,45,48,51H,5-13,16-17H2,1-4H3,(H,49,50)/t18?,21-,23-,25-,27+,34?,36-,37-,38-/m0/s1. The summed E-state index contributed by atoms with van der Waals surface area (Å²) in [6.07, 6.45) is 1.29. The van der Waals surface area contributed by atoms with E-state index in [1.165, 1.54) is 11.8 Å². The molecule has 9 atom stereocenters. The number of aromatic carboxylic acids is 1. The molecule has 51 heavy (non-hydrogen) atoms. The number of fused-ring (bicyclic) bond motifs is 6. The van der Waals surface area contributed by atoms with Gasteiger partial charge in [0.25, 0.3) is 0 Å². The second-order valence-corrected chi connectivity index (χ2v) is 16.1. The number of halogens is 2. The van der Waals surface area contributed by atoms with Gasteiger partial charge in [0.1, 0.15) is 34.5 Å². The van der Waals surface area contributed by atoms with Gasteiger partial charge in [-0.2, -0.15) is 0 Å². The normalized spacial score (nSPS) is 35.5. The summed E-state index contributed by atoms with van der Waals surface area (Å²) in [4.78, 5) is 54.8. The van der Waals surface area contributed by atoms with Crippen molar-refractivity contribution < 1.29 is 43.6 Å². The zero-order chi connectivity index (χ0) is 36.9. The van der Waals surface area contributed by atoms with Gasteiger partial charge in [-0.3, -0.25) is 14.4 Å². The number of nitrogens with zero attached hydrogens (tertiary/aromatic N) is 2. The molecular weight excluding hydrogens is 664 g/mol. The van der Waals surface area contributed by atoms with E-state index in [-0.39, 0.29) is 62.1 Å². The van der Waals surface area contributed by atoms with Crippen molar-refractivity contribution in [3.05, 3.63) is 50.8 Å². The van der Waals surface area contributed by atoms with Crippen molar-refractivity contribution in [2.75, 3.05) is 24.5 Å². The number of carbonyl (C=O) groups excluding carboxylic acids is 2. The average Bonchev–Trinajstić information content (AvgIpc) is 3.34. The number of piperazine rings is 1. The van der Waals surface area contributed by atoms with E-state index in [4.69, 9.17) is 0 Å². The summed E-state index contributed by atoms with van der Waals surface area (Å²) in [5, 5.41) is 49.2. The van der Waals surface area contributed by atoms with Gasteiger partial charge in [-0.25, -0.2) is 13.6 Å². The Morgan fingerprint density at radius 2 is 1.86 bits per heavy atom. The molecule has 13 heteroatoms. The Morgan fingerprint density at radius 1 is 1.14 bits per heavy atom. The highest BCUT2D eigenvalue weighted by molar-refractivity contribution is 6.09. The fourth-order valence-corrected chi connectivity index (χ4v) is 11.2. The second kappa shape index (κ2) is 12.3. The number of allylic oxidation sites excluding steroid dienone is 1. The maximum atomic E-state index is 16.6. The molecule has 276 valence electrons. The Hall–Kier alpha value is -3.52. The summed E-state index contributed by atoms with van der Waals surface area (Å²) < 4.78 is 33.2. The van der Waals surface area contributed by atoms with Crippen LogP contribution in [0.3, 0.4) is 0 Å². The van der Waals surface area contributed by atoms with Crippen LogP contribution >= 0.6 is 0 Å². The lowest BCUT2D eigenvalue weighted by Crippen LogP contribution is -2.63. The van der Waals surface area contributed by atoms with Gasteiger partial charge in [-0.05, 0) is 87.7 Å². The number of aliphatic hydroxyl groups excluding tert-OH is 2. The third-order valence-corrected chi connectivity index (χ3v) is 13.7. The van der Waals surface area contributed by atoms with Gasteiger partial charge in [0.05, 0.1) is 17.0 Å². The number of hydrogen-bond acceptors (Lipinski definition) is 9. The van der Waals surface area contributed by atoms with Crippen molar-refractivity contribution in [3.63, 3.8) is 0 Å². The van der Waals surface area contributed by atoms with E-state index >= 15 is 8.78 Å². The number of aryl methyl sites for hydroxylation is 1. The Kier molecular flexibility index (Phi) is 8.64. The maximum absolute atomic E-state index is 16.6. The second-order valence-electron chi connectivity index (χ2n) is 16.1. The Morgan fingerprint density at radius 3 is 2.53 bits per heavy atom. The Balaban J connectivity index is 1.32. The van der Waals surface area contributed by atoms with Crippen molar-refractivity contribution in [3.8, 4) is 0 Å². The first-order valence-electron chi connectivity index (χ1n) is 18.2. The lowest BCUT2D eigenvalue weighted by atomic mass is 9.45. The van der Waals surface area contributed by atoms with Crippen LogP contribution in [0.2, 0.25) is 0 Å². The highest BCUT2D eigenvalue weighted by Crippen LogP contribution is 2.68. The molecule has 4 fully saturated rings. The number of hydrogen-bond donors (Lipinski definition) is 5. The van der Waals surface area contributed by atoms with Crippen LogP contribution in [0.1, 0.15) is 93.5 Å². The number of ketones is 2. The van der Waals surface area contributed by atoms with Crippen LogP contribution in [-0.2, 0) is 11.3 Å². The van der Waals surface area contributed by atoms with Crippen LogP contribution in [0.25, 0.3) is 10.9 Å². The van der Waals surface area contributed by atoms with E-state index < -0.39 is 85.3 Å². The van der Waals surface area contributed by atoms with Crippen molar-refractivity contribution in [1.82, 2.24) is 9.88 Å². The third kappa shape index (κ3) is 5.01. The fourth-order valence-electron chi connectivity index (χ4n) is 11.2.